The van der Waals surface area contributed by atoms with Gasteiger partial charge < -0.3 is 5.32 Å². The Kier molecular flexibility index (Phi) is 3.19. The maximum absolute atomic E-state index is 13.4. The summed E-state index contributed by atoms with van der Waals surface area (Å²) in [5.74, 6) is -2.34. The lowest BCUT2D eigenvalue weighted by Crippen LogP contribution is -2.16. The van der Waals surface area contributed by atoms with E-state index in [-0.39, 0.29) is 5.92 Å². The zero-order valence-corrected chi connectivity index (χ0v) is 9.06. The van der Waals surface area contributed by atoms with Crippen molar-refractivity contribution in [1.29, 1.82) is 0 Å². The van der Waals surface area contributed by atoms with Crippen molar-refractivity contribution in [2.24, 2.45) is 5.92 Å². The van der Waals surface area contributed by atoms with Gasteiger partial charge in [-0.05, 0) is 43.0 Å². The predicted molar refractivity (Wildman–Crippen MR) is 55.7 cm³/mol. The lowest BCUT2D eigenvalue weighted by atomic mass is 10.1. The van der Waals surface area contributed by atoms with E-state index < -0.39 is 17.5 Å². The molecule has 1 aliphatic rings. The molecule has 1 fully saturated rings. The van der Waals surface area contributed by atoms with Crippen LogP contribution in [0.25, 0.3) is 0 Å². The zero-order valence-electron chi connectivity index (χ0n) is 9.06. The smallest absolute Gasteiger partial charge is 0.161 e. The van der Waals surface area contributed by atoms with Crippen LogP contribution in [0.15, 0.2) is 12.1 Å². The molecule has 0 aromatic heterocycles. The number of hydrogen-bond donors (Lipinski definition) is 1. The molecule has 2 atom stereocenters. The minimum Gasteiger partial charge on any atom is -0.317 e. The second-order valence-electron chi connectivity index (χ2n) is 4.20. The molecule has 4 heteroatoms. The summed E-state index contributed by atoms with van der Waals surface area (Å²) in [5, 5.41) is 3.17. The molecule has 0 heterocycles. The molecule has 0 spiro atoms. The molecule has 0 radical (unpaired) electrons. The summed E-state index contributed by atoms with van der Waals surface area (Å²) in [6, 6.07) is 1.62. The van der Waals surface area contributed by atoms with Gasteiger partial charge in [-0.1, -0.05) is 6.92 Å². The van der Waals surface area contributed by atoms with Crippen LogP contribution in [0.3, 0.4) is 0 Å². The first kappa shape index (κ1) is 11.5. The van der Waals surface area contributed by atoms with E-state index in [0.29, 0.717) is 17.5 Å². The monoisotopic (exact) mass is 229 g/mol. The van der Waals surface area contributed by atoms with Gasteiger partial charge in [0, 0.05) is 6.07 Å². The van der Waals surface area contributed by atoms with Gasteiger partial charge in [0.15, 0.2) is 11.6 Å². The van der Waals surface area contributed by atoms with Crippen molar-refractivity contribution in [3.63, 3.8) is 0 Å². The van der Waals surface area contributed by atoms with Crippen molar-refractivity contribution in [3.05, 3.63) is 35.1 Å². The van der Waals surface area contributed by atoms with Crippen LogP contribution in [0.4, 0.5) is 13.2 Å². The fourth-order valence-corrected chi connectivity index (χ4v) is 2.01. The fraction of sp³-hybridized carbons (Fsp3) is 0.500. The molecule has 1 saturated carbocycles. The van der Waals surface area contributed by atoms with E-state index in [1.165, 1.54) is 0 Å². The van der Waals surface area contributed by atoms with Crippen LogP contribution in [0.1, 0.15) is 24.8 Å². The van der Waals surface area contributed by atoms with Gasteiger partial charge >= 0.3 is 0 Å². The summed E-state index contributed by atoms with van der Waals surface area (Å²) in [6.45, 7) is 3.67. The van der Waals surface area contributed by atoms with Gasteiger partial charge in [-0.25, -0.2) is 13.2 Å². The highest BCUT2D eigenvalue weighted by Crippen LogP contribution is 2.48. The predicted octanol–water partition coefficient (Wildman–Crippen LogP) is 2.82. The third-order valence-corrected chi connectivity index (χ3v) is 3.02. The molecule has 2 unspecified atom stereocenters. The van der Waals surface area contributed by atoms with Crippen LogP contribution in [-0.4, -0.2) is 13.1 Å². The summed E-state index contributed by atoms with van der Waals surface area (Å²) < 4.78 is 39.1. The Morgan fingerprint density at radius 3 is 2.56 bits per heavy atom. The van der Waals surface area contributed by atoms with Gasteiger partial charge in [-0.15, -0.1) is 0 Å². The first-order chi connectivity index (χ1) is 7.63. The molecule has 1 aromatic carbocycles. The molecule has 0 bridgehead atoms. The molecule has 1 nitrogen and oxygen atoms in total. The molecule has 0 amide bonds. The average molecular weight is 229 g/mol. The Bertz CT molecular complexity index is 392. The Balaban J connectivity index is 2.09. The van der Waals surface area contributed by atoms with Crippen LogP contribution < -0.4 is 5.32 Å². The van der Waals surface area contributed by atoms with E-state index in [9.17, 15) is 13.2 Å². The topological polar surface area (TPSA) is 12.0 Å². The molecule has 1 aromatic rings. The van der Waals surface area contributed by atoms with Gasteiger partial charge in [0.25, 0.3) is 0 Å². The highest BCUT2D eigenvalue weighted by molar-refractivity contribution is 5.29. The molecule has 16 heavy (non-hydrogen) atoms. The summed E-state index contributed by atoms with van der Waals surface area (Å²) in [4.78, 5) is 0. The third-order valence-electron chi connectivity index (χ3n) is 3.02. The zero-order chi connectivity index (χ0) is 11.7. The highest BCUT2D eigenvalue weighted by atomic mass is 19.2. The van der Waals surface area contributed by atoms with Crippen LogP contribution in [-0.2, 0) is 0 Å². The summed E-state index contributed by atoms with van der Waals surface area (Å²) in [6.07, 6.45) is 0.842. The van der Waals surface area contributed by atoms with E-state index in [0.717, 1.165) is 25.6 Å². The Morgan fingerprint density at radius 2 is 1.88 bits per heavy atom. The second kappa shape index (κ2) is 4.45. The Hall–Kier alpha value is -1.03. The Morgan fingerprint density at radius 1 is 1.19 bits per heavy atom. The third kappa shape index (κ3) is 2.21. The van der Waals surface area contributed by atoms with E-state index >= 15 is 0 Å². The number of benzene rings is 1. The average Bonchev–Trinajstić information content (AvgIpc) is 3.00. The first-order valence-electron chi connectivity index (χ1n) is 5.48. The lowest BCUT2D eigenvalue weighted by Gasteiger charge is -2.04. The SMILES string of the molecule is CCNCC1CC1c1cc(F)c(F)cc1F. The molecular formula is C12H14F3N. The molecule has 2 rings (SSSR count). The van der Waals surface area contributed by atoms with Crippen molar-refractivity contribution in [2.45, 2.75) is 19.3 Å². The first-order valence-corrected chi connectivity index (χ1v) is 5.48. The minimum absolute atomic E-state index is 0.0362. The van der Waals surface area contributed by atoms with E-state index in [2.05, 4.69) is 5.32 Å². The van der Waals surface area contributed by atoms with E-state index in [1.807, 2.05) is 6.92 Å². The maximum atomic E-state index is 13.4. The van der Waals surface area contributed by atoms with Gasteiger partial charge in [0.05, 0.1) is 0 Å². The Labute approximate surface area is 92.7 Å². The molecule has 1 N–H and O–H groups in total. The lowest BCUT2D eigenvalue weighted by molar-refractivity contribution is 0.489. The van der Waals surface area contributed by atoms with E-state index in [1.54, 1.807) is 0 Å². The number of hydrogen-bond acceptors (Lipinski definition) is 1. The number of rotatable bonds is 4. The summed E-state index contributed by atoms with van der Waals surface area (Å²) in [5.41, 5.74) is 0.307. The van der Waals surface area contributed by atoms with Crippen LogP contribution in [0.5, 0.6) is 0 Å². The van der Waals surface area contributed by atoms with Crippen molar-refractivity contribution in [3.8, 4) is 0 Å². The van der Waals surface area contributed by atoms with Gasteiger partial charge in [-0.3, -0.25) is 0 Å². The van der Waals surface area contributed by atoms with Gasteiger partial charge in [0.1, 0.15) is 5.82 Å². The van der Waals surface area contributed by atoms with E-state index in [4.69, 9.17) is 0 Å². The van der Waals surface area contributed by atoms with Crippen molar-refractivity contribution in [2.75, 3.05) is 13.1 Å². The molecular weight excluding hydrogens is 215 g/mol. The van der Waals surface area contributed by atoms with Gasteiger partial charge in [-0.2, -0.15) is 0 Å². The number of halogens is 3. The second-order valence-corrected chi connectivity index (χ2v) is 4.20. The molecule has 0 saturated heterocycles. The van der Waals surface area contributed by atoms with Crippen LogP contribution in [0.2, 0.25) is 0 Å². The number of nitrogens with one attached hydrogen (secondary N) is 1. The normalized spacial score (nSPS) is 23.5. The molecule has 0 aliphatic heterocycles. The highest BCUT2D eigenvalue weighted by Gasteiger charge is 2.39. The van der Waals surface area contributed by atoms with Gasteiger partial charge in [0.2, 0.25) is 0 Å². The van der Waals surface area contributed by atoms with Crippen molar-refractivity contribution < 1.29 is 13.2 Å². The van der Waals surface area contributed by atoms with Crippen molar-refractivity contribution >= 4 is 0 Å². The molecule has 88 valence electrons. The minimum atomic E-state index is -1.12. The maximum Gasteiger partial charge on any atom is 0.161 e. The molecule has 1 aliphatic carbocycles. The summed E-state index contributed by atoms with van der Waals surface area (Å²) in [7, 11) is 0. The van der Waals surface area contributed by atoms with Crippen LogP contribution >= 0.6 is 0 Å². The van der Waals surface area contributed by atoms with Crippen molar-refractivity contribution in [1.82, 2.24) is 5.32 Å². The fourth-order valence-electron chi connectivity index (χ4n) is 2.01. The van der Waals surface area contributed by atoms with Crippen LogP contribution in [0, 0.1) is 23.4 Å². The largest absolute Gasteiger partial charge is 0.317 e. The standard InChI is InChI=1S/C12H14F3N/c1-2-16-6-7-3-8(7)9-4-11(14)12(15)5-10(9)13/h4-5,7-8,16H,2-3,6H2,1H3. The quantitative estimate of drug-likeness (QED) is 0.783. The summed E-state index contributed by atoms with van der Waals surface area (Å²) >= 11 is 0.